The summed E-state index contributed by atoms with van der Waals surface area (Å²) in [6.07, 6.45) is 10.1. The number of hydrogen-bond acceptors (Lipinski definition) is 4. The van der Waals surface area contributed by atoms with E-state index in [0.717, 1.165) is 11.1 Å². The van der Waals surface area contributed by atoms with E-state index in [1.54, 1.807) is 24.4 Å². The molecule has 0 unspecified atom stereocenters. The van der Waals surface area contributed by atoms with Gasteiger partial charge in [-0.3, -0.25) is 4.79 Å². The average Bonchev–Trinajstić information content (AvgIpc) is 2.72. The van der Waals surface area contributed by atoms with Gasteiger partial charge in [-0.15, -0.1) is 0 Å². The number of para-hydroxylation sites is 2. The van der Waals surface area contributed by atoms with Crippen molar-refractivity contribution in [3.8, 4) is 0 Å². The van der Waals surface area contributed by atoms with E-state index in [0.29, 0.717) is 5.70 Å². The summed E-state index contributed by atoms with van der Waals surface area (Å²) in [4.78, 5) is 14.5. The van der Waals surface area contributed by atoms with E-state index < -0.39 is 5.91 Å². The lowest BCUT2D eigenvalue weighted by Gasteiger charge is -1.97. The molecule has 0 fully saturated rings. The Labute approximate surface area is 110 Å². The van der Waals surface area contributed by atoms with Crippen molar-refractivity contribution in [1.29, 1.82) is 0 Å². The molecule has 0 bridgehead atoms. The van der Waals surface area contributed by atoms with Crippen molar-refractivity contribution in [1.82, 2.24) is 10.3 Å². The molecule has 1 aliphatic heterocycles. The quantitative estimate of drug-likeness (QED) is 0.814. The minimum Gasteiger partial charge on any atom is -0.443 e. The van der Waals surface area contributed by atoms with Gasteiger partial charge in [-0.25, -0.2) is 4.98 Å². The fourth-order valence-corrected chi connectivity index (χ4v) is 1.41. The predicted octanol–water partition coefficient (Wildman–Crippen LogP) is 1.86. The minimum atomic E-state index is -0.448. The van der Waals surface area contributed by atoms with E-state index >= 15 is 0 Å². The summed E-state index contributed by atoms with van der Waals surface area (Å²) in [6, 6.07) is 7.67. The smallest absolute Gasteiger partial charge is 0.265 e. The molecule has 1 aromatic heterocycles. The van der Waals surface area contributed by atoms with E-state index in [1.807, 2.05) is 30.3 Å². The summed E-state index contributed by atoms with van der Waals surface area (Å²) in [6.45, 7) is 0. The highest BCUT2D eigenvalue weighted by atomic mass is 16.3. The van der Waals surface area contributed by atoms with Crippen molar-refractivity contribution in [2.45, 2.75) is 0 Å². The Kier molecular flexibility index (Phi) is 4.12. The first-order chi connectivity index (χ1) is 9.27. The number of primary amides is 1. The number of aromatic nitrogens is 1. The van der Waals surface area contributed by atoms with Gasteiger partial charge in [-0.05, 0) is 24.3 Å². The van der Waals surface area contributed by atoms with Crippen LogP contribution in [0.15, 0.2) is 71.3 Å². The first-order valence-corrected chi connectivity index (χ1v) is 5.65. The molecule has 0 spiro atoms. The number of nitrogens with two attached hydrogens (primary N) is 1. The summed E-state index contributed by atoms with van der Waals surface area (Å²) < 4.78 is 5.01. The topological polar surface area (TPSA) is 81.2 Å². The monoisotopic (exact) mass is 255 g/mol. The van der Waals surface area contributed by atoms with Gasteiger partial charge in [0, 0.05) is 6.20 Å². The lowest BCUT2D eigenvalue weighted by molar-refractivity contribution is -0.114. The Morgan fingerprint density at radius 1 is 1.21 bits per heavy atom. The number of nitrogens with one attached hydrogen (secondary N) is 1. The van der Waals surface area contributed by atoms with Crippen molar-refractivity contribution >= 4 is 17.0 Å². The van der Waals surface area contributed by atoms with Crippen LogP contribution in [0.1, 0.15) is 0 Å². The van der Waals surface area contributed by atoms with E-state index in [9.17, 15) is 4.79 Å². The fraction of sp³-hybridized carbons (Fsp3) is 0. The molecular weight excluding hydrogens is 242 g/mol. The zero-order valence-electron chi connectivity index (χ0n) is 10.1. The summed E-state index contributed by atoms with van der Waals surface area (Å²) in [7, 11) is 0. The zero-order chi connectivity index (χ0) is 13.5. The van der Waals surface area contributed by atoms with Crippen molar-refractivity contribution in [2.75, 3.05) is 0 Å². The fourth-order valence-electron chi connectivity index (χ4n) is 1.41. The Bertz CT molecular complexity index is 623. The number of fused-ring (bicyclic) bond motifs is 1. The average molecular weight is 255 g/mol. The van der Waals surface area contributed by atoms with Crippen molar-refractivity contribution < 1.29 is 9.21 Å². The molecule has 2 aromatic rings. The largest absolute Gasteiger partial charge is 0.443 e. The SMILES string of the molecule is NC(=O)C1=CC=CC=CN1.c1ccc2ocnc2c1. The second-order valence-corrected chi connectivity index (χ2v) is 3.65. The normalized spacial score (nSPS) is 12.9. The third-order valence-corrected chi connectivity index (χ3v) is 2.32. The Morgan fingerprint density at radius 2 is 2.05 bits per heavy atom. The summed E-state index contributed by atoms with van der Waals surface area (Å²) in [5.41, 5.74) is 7.17. The molecule has 0 saturated carbocycles. The number of benzene rings is 1. The van der Waals surface area contributed by atoms with Crippen LogP contribution in [0.25, 0.3) is 11.1 Å². The van der Waals surface area contributed by atoms with Crippen LogP contribution in [0.3, 0.4) is 0 Å². The van der Waals surface area contributed by atoms with Crippen LogP contribution in [0.5, 0.6) is 0 Å². The van der Waals surface area contributed by atoms with Gasteiger partial charge in [0.2, 0.25) is 0 Å². The lowest BCUT2D eigenvalue weighted by Crippen LogP contribution is -2.22. The molecule has 96 valence electrons. The first-order valence-electron chi connectivity index (χ1n) is 5.65. The van der Waals surface area contributed by atoms with Gasteiger partial charge in [0.05, 0.1) is 0 Å². The van der Waals surface area contributed by atoms with Gasteiger partial charge in [0.1, 0.15) is 11.2 Å². The van der Waals surface area contributed by atoms with Crippen LogP contribution in [-0.4, -0.2) is 10.9 Å². The molecule has 5 nitrogen and oxygen atoms in total. The second kappa shape index (κ2) is 6.20. The van der Waals surface area contributed by atoms with Crippen molar-refractivity contribution in [3.05, 3.63) is 66.9 Å². The van der Waals surface area contributed by atoms with Gasteiger partial charge >= 0.3 is 0 Å². The summed E-state index contributed by atoms with van der Waals surface area (Å²) >= 11 is 0. The molecule has 1 aromatic carbocycles. The molecule has 3 rings (SSSR count). The van der Waals surface area contributed by atoms with E-state index in [2.05, 4.69) is 10.3 Å². The summed E-state index contributed by atoms with van der Waals surface area (Å²) in [5.74, 6) is -0.448. The maximum absolute atomic E-state index is 10.5. The molecule has 0 saturated heterocycles. The summed E-state index contributed by atoms with van der Waals surface area (Å²) in [5, 5.41) is 2.72. The molecular formula is C14H13N3O2. The van der Waals surface area contributed by atoms with E-state index in [4.69, 9.17) is 10.2 Å². The first kappa shape index (κ1) is 12.6. The lowest BCUT2D eigenvalue weighted by atomic mass is 10.3. The third-order valence-electron chi connectivity index (χ3n) is 2.32. The Morgan fingerprint density at radius 3 is 2.84 bits per heavy atom. The minimum absolute atomic E-state index is 0.407. The van der Waals surface area contributed by atoms with Gasteiger partial charge in [0.15, 0.2) is 12.0 Å². The molecule has 5 heteroatoms. The second-order valence-electron chi connectivity index (χ2n) is 3.65. The molecule has 0 aliphatic carbocycles. The third kappa shape index (κ3) is 3.57. The number of carbonyl (C=O) groups is 1. The Balaban J connectivity index is 0.000000141. The number of rotatable bonds is 1. The van der Waals surface area contributed by atoms with Gasteiger partial charge in [0.25, 0.3) is 5.91 Å². The van der Waals surface area contributed by atoms with Crippen LogP contribution in [0, 0.1) is 0 Å². The van der Waals surface area contributed by atoms with E-state index in [-0.39, 0.29) is 0 Å². The number of amides is 1. The van der Waals surface area contributed by atoms with E-state index in [1.165, 1.54) is 6.39 Å². The molecule has 0 atom stereocenters. The molecule has 3 N–H and O–H groups in total. The van der Waals surface area contributed by atoms with Crippen LogP contribution >= 0.6 is 0 Å². The highest BCUT2D eigenvalue weighted by Gasteiger charge is 1.99. The maximum atomic E-state index is 10.5. The van der Waals surface area contributed by atoms with Crippen LogP contribution in [0.2, 0.25) is 0 Å². The molecule has 1 amide bonds. The Hall–Kier alpha value is -2.82. The molecule has 2 heterocycles. The van der Waals surface area contributed by atoms with Crippen molar-refractivity contribution in [3.63, 3.8) is 0 Å². The van der Waals surface area contributed by atoms with Crippen LogP contribution in [-0.2, 0) is 4.79 Å². The zero-order valence-corrected chi connectivity index (χ0v) is 10.1. The van der Waals surface area contributed by atoms with Crippen LogP contribution in [0.4, 0.5) is 0 Å². The molecule has 1 aliphatic rings. The number of carbonyl (C=O) groups excluding carboxylic acids is 1. The number of hydrogen-bond donors (Lipinski definition) is 2. The van der Waals surface area contributed by atoms with Gasteiger partial charge < -0.3 is 15.5 Å². The van der Waals surface area contributed by atoms with Gasteiger partial charge in [-0.1, -0.05) is 24.3 Å². The number of allylic oxidation sites excluding steroid dienone is 4. The predicted molar refractivity (Wildman–Crippen MR) is 72.7 cm³/mol. The van der Waals surface area contributed by atoms with Crippen molar-refractivity contribution in [2.24, 2.45) is 5.73 Å². The van der Waals surface area contributed by atoms with Crippen LogP contribution < -0.4 is 11.1 Å². The number of oxazole rings is 1. The molecule has 0 radical (unpaired) electrons. The highest BCUT2D eigenvalue weighted by molar-refractivity contribution is 5.91. The number of nitrogens with zero attached hydrogens (tertiary/aromatic N) is 1. The highest BCUT2D eigenvalue weighted by Crippen LogP contribution is 2.09. The molecule has 19 heavy (non-hydrogen) atoms. The van der Waals surface area contributed by atoms with Gasteiger partial charge in [-0.2, -0.15) is 0 Å². The standard InChI is InChI=1S/C7H8N2O.C7H5NO/c8-7(10)6-4-2-1-3-5-9-6;1-2-4-7-6(3-1)8-5-9-7/h1-5,9H,(H2,8,10);1-5H. The maximum Gasteiger partial charge on any atom is 0.265 e.